The third-order valence-electron chi connectivity index (χ3n) is 0.918. The molecule has 0 aliphatic rings. The molecular weight excluding hydrogens is 171 g/mol. The van der Waals surface area contributed by atoms with E-state index in [-0.39, 0.29) is 10.8 Å². The Morgan fingerprint density at radius 1 is 1.40 bits per heavy atom. The van der Waals surface area contributed by atoms with E-state index in [0.29, 0.717) is 5.02 Å². The summed E-state index contributed by atoms with van der Waals surface area (Å²) >= 11 is 11.0. The molecule has 1 heterocycles. The molecule has 0 aromatic carbocycles. The van der Waals surface area contributed by atoms with Crippen LogP contribution in [-0.2, 0) is 0 Å². The molecule has 0 spiro atoms. The number of pyridine rings is 1. The Labute approximate surface area is 68.0 Å². The zero-order chi connectivity index (χ0) is 7.56. The zero-order valence-corrected chi connectivity index (χ0v) is 6.32. The van der Waals surface area contributed by atoms with Crippen LogP contribution in [0.25, 0.3) is 0 Å². The van der Waals surface area contributed by atoms with Gasteiger partial charge in [0.05, 0.1) is 5.02 Å². The summed E-state index contributed by atoms with van der Waals surface area (Å²) in [6, 6.07) is 4.88. The predicted octanol–water partition coefficient (Wildman–Crippen LogP) is 2.26. The Hall–Kier alpha value is -0.780. The van der Waals surface area contributed by atoms with Gasteiger partial charge in [-0.05, 0) is 12.1 Å². The first-order valence-corrected chi connectivity index (χ1v) is 3.22. The van der Waals surface area contributed by atoms with Crippen LogP contribution in [0, 0.1) is 11.3 Å². The second-order valence-electron chi connectivity index (χ2n) is 1.58. The number of hydrogen-bond donors (Lipinski definition) is 0. The molecule has 2 nitrogen and oxygen atoms in total. The van der Waals surface area contributed by atoms with E-state index in [9.17, 15) is 0 Å². The van der Waals surface area contributed by atoms with E-state index in [2.05, 4.69) is 4.98 Å². The van der Waals surface area contributed by atoms with Crippen molar-refractivity contribution in [2.24, 2.45) is 0 Å². The number of aromatic nitrogens is 1. The first-order valence-electron chi connectivity index (χ1n) is 2.46. The molecule has 1 aromatic heterocycles. The van der Waals surface area contributed by atoms with E-state index in [1.165, 1.54) is 12.1 Å². The van der Waals surface area contributed by atoms with Gasteiger partial charge in [0.1, 0.15) is 11.2 Å². The molecule has 1 aromatic rings. The summed E-state index contributed by atoms with van der Waals surface area (Å²) in [6.07, 6.45) is 0. The Morgan fingerprint density at radius 2 is 2.10 bits per heavy atom. The maximum Gasteiger partial charge on any atom is 0.160 e. The fourth-order valence-electron chi connectivity index (χ4n) is 0.497. The predicted molar refractivity (Wildman–Crippen MR) is 39.0 cm³/mol. The standard InChI is InChI=1S/C6H2Cl2N2/c7-4-1-2-6(8)10-5(4)3-9/h1-2H. The Bertz CT molecular complexity index is 290. The lowest BCUT2D eigenvalue weighted by Crippen LogP contribution is -1.82. The highest BCUT2D eigenvalue weighted by atomic mass is 35.5. The molecule has 0 radical (unpaired) electrons. The van der Waals surface area contributed by atoms with Gasteiger partial charge in [-0.2, -0.15) is 5.26 Å². The molecule has 0 atom stereocenters. The molecule has 0 aliphatic heterocycles. The first kappa shape index (κ1) is 7.33. The molecule has 50 valence electrons. The third kappa shape index (κ3) is 1.38. The molecule has 0 bridgehead atoms. The number of hydrogen-bond acceptors (Lipinski definition) is 2. The summed E-state index contributed by atoms with van der Waals surface area (Å²) in [5.41, 5.74) is 0.161. The van der Waals surface area contributed by atoms with Crippen molar-refractivity contribution in [2.75, 3.05) is 0 Å². The Kier molecular flexibility index (Phi) is 2.10. The van der Waals surface area contributed by atoms with Crippen LogP contribution in [0.4, 0.5) is 0 Å². The van der Waals surface area contributed by atoms with Gasteiger partial charge in [0.15, 0.2) is 5.69 Å². The molecule has 0 N–H and O–H groups in total. The van der Waals surface area contributed by atoms with Crippen molar-refractivity contribution in [3.05, 3.63) is 28.0 Å². The van der Waals surface area contributed by atoms with E-state index in [0.717, 1.165) is 0 Å². The van der Waals surface area contributed by atoms with Crippen LogP contribution < -0.4 is 0 Å². The van der Waals surface area contributed by atoms with Gasteiger partial charge in [0.25, 0.3) is 0 Å². The topological polar surface area (TPSA) is 36.7 Å². The van der Waals surface area contributed by atoms with Crippen LogP contribution >= 0.6 is 23.2 Å². The molecule has 1 rings (SSSR count). The second-order valence-corrected chi connectivity index (χ2v) is 2.37. The van der Waals surface area contributed by atoms with Crippen molar-refractivity contribution < 1.29 is 0 Å². The minimum atomic E-state index is 0.161. The average Bonchev–Trinajstić information content (AvgIpc) is 1.94. The number of halogens is 2. The van der Waals surface area contributed by atoms with Gasteiger partial charge in [-0.1, -0.05) is 23.2 Å². The molecule has 0 amide bonds. The van der Waals surface area contributed by atoms with E-state index in [4.69, 9.17) is 28.5 Å². The highest BCUT2D eigenvalue weighted by molar-refractivity contribution is 6.32. The summed E-state index contributed by atoms with van der Waals surface area (Å²) in [5, 5.41) is 8.99. The van der Waals surface area contributed by atoms with Crippen molar-refractivity contribution in [3.63, 3.8) is 0 Å². The van der Waals surface area contributed by atoms with Crippen LogP contribution in [0.15, 0.2) is 12.1 Å². The van der Waals surface area contributed by atoms with E-state index in [1.807, 2.05) is 6.07 Å². The van der Waals surface area contributed by atoms with Crippen LogP contribution in [0.1, 0.15) is 5.69 Å². The molecular formula is C6H2Cl2N2. The summed E-state index contributed by atoms with van der Waals surface area (Å²) in [4.78, 5) is 3.66. The second kappa shape index (κ2) is 2.87. The number of rotatable bonds is 0. The highest BCUT2D eigenvalue weighted by Crippen LogP contribution is 2.15. The highest BCUT2D eigenvalue weighted by Gasteiger charge is 1.99. The molecule has 0 fully saturated rings. The molecule has 0 unspecified atom stereocenters. The van der Waals surface area contributed by atoms with E-state index >= 15 is 0 Å². The lowest BCUT2D eigenvalue weighted by molar-refractivity contribution is 1.26. The van der Waals surface area contributed by atoms with Crippen LogP contribution in [0.3, 0.4) is 0 Å². The van der Waals surface area contributed by atoms with Gasteiger partial charge in [0.2, 0.25) is 0 Å². The van der Waals surface area contributed by atoms with Gasteiger partial charge in [0, 0.05) is 0 Å². The summed E-state index contributed by atoms with van der Waals surface area (Å²) < 4.78 is 0. The largest absolute Gasteiger partial charge is 0.224 e. The number of nitrogens with zero attached hydrogens (tertiary/aromatic N) is 2. The summed E-state index contributed by atoms with van der Waals surface area (Å²) in [6.45, 7) is 0. The van der Waals surface area contributed by atoms with Crippen molar-refractivity contribution in [3.8, 4) is 6.07 Å². The fraction of sp³-hybridized carbons (Fsp3) is 0. The van der Waals surface area contributed by atoms with E-state index < -0.39 is 0 Å². The quantitative estimate of drug-likeness (QED) is 0.564. The SMILES string of the molecule is N#Cc1nc(Cl)ccc1Cl. The van der Waals surface area contributed by atoms with Gasteiger partial charge < -0.3 is 0 Å². The maximum atomic E-state index is 8.39. The van der Waals surface area contributed by atoms with Crippen LogP contribution in [-0.4, -0.2) is 4.98 Å². The fourth-order valence-corrected chi connectivity index (χ4v) is 0.792. The van der Waals surface area contributed by atoms with Crippen LogP contribution in [0.2, 0.25) is 10.2 Å². The average molecular weight is 173 g/mol. The van der Waals surface area contributed by atoms with Gasteiger partial charge in [-0.15, -0.1) is 0 Å². The van der Waals surface area contributed by atoms with Crippen LogP contribution in [0.5, 0.6) is 0 Å². The Balaban J connectivity index is 3.25. The summed E-state index contributed by atoms with van der Waals surface area (Å²) in [7, 11) is 0. The smallest absolute Gasteiger partial charge is 0.160 e. The monoisotopic (exact) mass is 172 g/mol. The van der Waals surface area contributed by atoms with E-state index in [1.54, 1.807) is 0 Å². The molecule has 0 saturated heterocycles. The minimum Gasteiger partial charge on any atom is -0.224 e. The van der Waals surface area contributed by atoms with Crippen molar-refractivity contribution in [1.82, 2.24) is 4.98 Å². The maximum absolute atomic E-state index is 8.39. The van der Waals surface area contributed by atoms with Crippen molar-refractivity contribution in [2.45, 2.75) is 0 Å². The van der Waals surface area contributed by atoms with Crippen molar-refractivity contribution in [1.29, 1.82) is 5.26 Å². The molecule has 0 saturated carbocycles. The summed E-state index contributed by atoms with van der Waals surface area (Å²) in [5.74, 6) is 0. The Morgan fingerprint density at radius 3 is 2.60 bits per heavy atom. The lowest BCUT2D eigenvalue weighted by atomic mass is 10.4. The first-order chi connectivity index (χ1) is 4.74. The molecule has 10 heavy (non-hydrogen) atoms. The normalized spacial score (nSPS) is 8.90. The lowest BCUT2D eigenvalue weighted by Gasteiger charge is -1.91. The molecule has 4 heteroatoms. The zero-order valence-electron chi connectivity index (χ0n) is 4.81. The molecule has 0 aliphatic carbocycles. The van der Waals surface area contributed by atoms with Crippen molar-refractivity contribution >= 4 is 23.2 Å². The minimum absolute atomic E-state index is 0.161. The number of nitriles is 1. The van der Waals surface area contributed by atoms with Gasteiger partial charge in [-0.25, -0.2) is 4.98 Å². The van der Waals surface area contributed by atoms with Gasteiger partial charge >= 0.3 is 0 Å². The van der Waals surface area contributed by atoms with Gasteiger partial charge in [-0.3, -0.25) is 0 Å². The third-order valence-corrected chi connectivity index (χ3v) is 1.43.